The maximum Gasteiger partial charge on any atom is 0.329 e. The summed E-state index contributed by atoms with van der Waals surface area (Å²) < 4.78 is 11.8. The fraction of sp³-hybridized carbons (Fsp3) is 0.483. The van der Waals surface area contributed by atoms with E-state index in [0.717, 1.165) is 35.5 Å². The van der Waals surface area contributed by atoms with Gasteiger partial charge in [0.1, 0.15) is 61.5 Å². The number of aromatic nitrogens is 2. The summed E-state index contributed by atoms with van der Waals surface area (Å²) in [6.07, 6.45) is 7.69. The number of nitrogen functional groups attached to an aromatic ring is 2. The number of amides is 8. The predicted molar refractivity (Wildman–Crippen MR) is 300 cm³/mol. The van der Waals surface area contributed by atoms with Crippen molar-refractivity contribution in [2.45, 2.75) is 126 Å². The molecule has 2 bridgehead atoms. The average molecular weight is 1130 g/mol. The minimum atomic E-state index is -1.67. The van der Waals surface area contributed by atoms with E-state index in [1.165, 1.54) is 51.8 Å². The molecule has 24 nitrogen and oxygen atoms in total. The first-order chi connectivity index (χ1) is 39.1. The van der Waals surface area contributed by atoms with Crippen LogP contribution in [0.15, 0.2) is 72.8 Å². The van der Waals surface area contributed by atoms with Crippen LogP contribution in [0.3, 0.4) is 0 Å². The van der Waals surface area contributed by atoms with Crippen LogP contribution in [0.2, 0.25) is 0 Å². The van der Waals surface area contributed by atoms with Gasteiger partial charge in [-0.25, -0.2) is 19.6 Å². The zero-order valence-corrected chi connectivity index (χ0v) is 46.9. The predicted octanol–water partition coefficient (Wildman–Crippen LogP) is 1.99. The number of rotatable bonds is 6. The molecule has 436 valence electrons. The fourth-order valence-corrected chi connectivity index (χ4v) is 11.5. The van der Waals surface area contributed by atoms with Crippen LogP contribution in [0.25, 0.3) is 21.8 Å². The van der Waals surface area contributed by atoms with Crippen LogP contribution in [0.4, 0.5) is 11.4 Å². The molecule has 8 N–H and O–H groups in total. The van der Waals surface area contributed by atoms with Crippen LogP contribution in [-0.4, -0.2) is 179 Å². The third kappa shape index (κ3) is 13.1. The second kappa shape index (κ2) is 25.8. The Labute approximate surface area is 474 Å². The number of carbonyl (C=O) groups excluding carboxylic acids is 10. The van der Waals surface area contributed by atoms with Gasteiger partial charge in [0.2, 0.25) is 35.4 Å². The van der Waals surface area contributed by atoms with Crippen LogP contribution >= 0.6 is 0 Å². The average Bonchev–Trinajstić information content (AvgIpc) is 4.30. The van der Waals surface area contributed by atoms with E-state index in [9.17, 15) is 38.4 Å². The fourth-order valence-electron chi connectivity index (χ4n) is 11.5. The normalized spacial score (nSPS) is 26.3. The van der Waals surface area contributed by atoms with E-state index in [1.807, 2.05) is 0 Å². The number of benzene rings is 2. The monoisotopic (exact) mass is 1130 g/mol. The topological polar surface area (TPSA) is 328 Å². The van der Waals surface area contributed by atoms with Crippen molar-refractivity contribution in [2.75, 3.05) is 52.9 Å². The molecule has 4 aromatic rings. The number of para-hydroxylation sites is 2. The van der Waals surface area contributed by atoms with Crippen LogP contribution in [-0.2, 0) is 47.8 Å². The van der Waals surface area contributed by atoms with Gasteiger partial charge in [0.15, 0.2) is 11.4 Å². The van der Waals surface area contributed by atoms with Gasteiger partial charge in [-0.05, 0) is 88.5 Å². The number of pyridine rings is 2. The molecule has 0 spiro atoms. The van der Waals surface area contributed by atoms with Gasteiger partial charge in [0.05, 0.1) is 22.4 Å². The van der Waals surface area contributed by atoms with Gasteiger partial charge in [0, 0.05) is 39.0 Å². The number of carbonyl (C=O) groups is 10. The molecule has 2 aliphatic carbocycles. The molecule has 0 saturated heterocycles. The quantitative estimate of drug-likeness (QED) is 0.119. The lowest BCUT2D eigenvalue weighted by Crippen LogP contribution is -2.60. The molecule has 8 atom stereocenters. The lowest BCUT2D eigenvalue weighted by atomic mass is 9.95. The smallest absolute Gasteiger partial charge is 0.329 e. The number of fused-ring (bicyclic) bond motifs is 6. The molecule has 2 aromatic carbocycles. The number of cyclic esters (lactones) is 2. The minimum Gasteiger partial charge on any atom is -0.461 e. The Morgan fingerprint density at radius 3 is 1.26 bits per heavy atom. The van der Waals surface area contributed by atoms with E-state index in [-0.39, 0.29) is 35.6 Å². The van der Waals surface area contributed by atoms with Crippen molar-refractivity contribution in [3.8, 4) is 0 Å². The molecule has 8 rings (SSSR count). The number of nitrogens with zero attached hydrogens (tertiary/aromatic N) is 6. The Bertz CT molecular complexity index is 2970. The van der Waals surface area contributed by atoms with Gasteiger partial charge in [-0.15, -0.1) is 0 Å². The third-order valence-electron chi connectivity index (χ3n) is 16.2. The Balaban J connectivity index is 1.18. The molecular weight excluding hydrogens is 1060 g/mol. The van der Waals surface area contributed by atoms with E-state index in [2.05, 4.69) is 31.2 Å². The van der Waals surface area contributed by atoms with Crippen molar-refractivity contribution >= 4 is 92.4 Å². The van der Waals surface area contributed by atoms with E-state index in [0.29, 0.717) is 47.5 Å². The summed E-state index contributed by atoms with van der Waals surface area (Å²) in [4.78, 5) is 159. The van der Waals surface area contributed by atoms with Crippen LogP contribution in [0, 0.1) is 11.8 Å². The maximum atomic E-state index is 15.2. The Morgan fingerprint density at radius 1 is 0.537 bits per heavy atom. The molecule has 0 unspecified atom stereocenters. The highest BCUT2D eigenvalue weighted by atomic mass is 16.5. The largest absolute Gasteiger partial charge is 0.461 e. The summed E-state index contributed by atoms with van der Waals surface area (Å²) in [5.41, 5.74) is 13.0. The lowest BCUT2D eigenvalue weighted by Gasteiger charge is -2.37. The van der Waals surface area contributed by atoms with Crippen molar-refractivity contribution < 1.29 is 57.4 Å². The number of hydrogen-bond acceptors (Lipinski definition) is 16. The molecule has 2 fully saturated rings. The number of ether oxygens (including phenoxy) is 2. The Hall–Kier alpha value is -8.70. The summed E-state index contributed by atoms with van der Waals surface area (Å²) in [6.45, 7) is 1.17. The number of esters is 2. The minimum absolute atomic E-state index is 0.0141. The molecule has 2 saturated carbocycles. The third-order valence-corrected chi connectivity index (χ3v) is 16.2. The first-order valence-electron chi connectivity index (χ1n) is 27.7. The molecule has 24 heteroatoms. The zero-order valence-electron chi connectivity index (χ0n) is 46.9. The molecule has 4 aliphatic rings. The lowest BCUT2D eigenvalue weighted by molar-refractivity contribution is -0.161. The number of anilines is 2. The first-order valence-corrected chi connectivity index (χ1v) is 27.7. The number of likely N-dealkylation sites (N-methyl/N-ethyl adjacent to an activating group) is 4. The summed E-state index contributed by atoms with van der Waals surface area (Å²) in [6, 6.07) is 5.53. The standard InChI is InChI=1S/C58H72N12O12/c1-31-53(75)67(3)43-25-15-16-26-44(56(78)70(6)48(34-19-9-10-20-34)57(79)81-29-41(49(71)61-31)65-51(73)45-37(59)27-35-21-11-13-23-39(35)63-45)68(4)54(76)32(2)62-50(72)42(30-82-58(80)47(69(5)55(43)77)33-17-7-8-18-33)66-52(74)46-38(60)28-36-22-12-14-24-40(36)64-46/h11-16,21-24,27-28,31-34,41-44,47-48H,7-10,17-20,25-26,29-30,59-60H2,1-6H3,(H,61,71)(H,62,72)(H,65,73)(H,66,74)/b16-15-/t31-,32-,41+,42+,43-,44-,47-,48-/m0/s1. The molecule has 0 radical (unpaired) electrons. The number of nitrogens with one attached hydrogen (secondary N) is 4. The van der Waals surface area contributed by atoms with Gasteiger partial charge in [-0.2, -0.15) is 0 Å². The van der Waals surface area contributed by atoms with Gasteiger partial charge in [-0.3, -0.25) is 38.4 Å². The van der Waals surface area contributed by atoms with Crippen molar-refractivity contribution in [2.24, 2.45) is 11.8 Å². The van der Waals surface area contributed by atoms with Crippen molar-refractivity contribution in [3.63, 3.8) is 0 Å². The molecule has 2 aliphatic heterocycles. The molecule has 2 aromatic heterocycles. The summed E-state index contributed by atoms with van der Waals surface area (Å²) >= 11 is 0. The Morgan fingerprint density at radius 2 is 0.890 bits per heavy atom. The highest BCUT2D eigenvalue weighted by Crippen LogP contribution is 2.33. The zero-order chi connectivity index (χ0) is 59.1. The number of nitrogens with two attached hydrogens (primary N) is 2. The molecular formula is C58H72N12O12. The number of hydrogen-bond donors (Lipinski definition) is 6. The van der Waals surface area contributed by atoms with E-state index in [4.69, 9.17) is 20.9 Å². The molecule has 8 amide bonds. The van der Waals surface area contributed by atoms with Crippen molar-refractivity contribution in [3.05, 3.63) is 84.2 Å². The molecule has 4 heterocycles. The van der Waals surface area contributed by atoms with Crippen LogP contribution in [0.5, 0.6) is 0 Å². The van der Waals surface area contributed by atoms with Crippen molar-refractivity contribution in [1.29, 1.82) is 0 Å². The second-order valence-corrected chi connectivity index (χ2v) is 21.8. The maximum absolute atomic E-state index is 15.2. The van der Waals surface area contributed by atoms with Gasteiger partial charge < -0.3 is 61.8 Å². The summed E-state index contributed by atoms with van der Waals surface area (Å²) in [5.74, 6) is -9.41. The highest BCUT2D eigenvalue weighted by Gasteiger charge is 2.45. The van der Waals surface area contributed by atoms with Crippen LogP contribution < -0.4 is 32.7 Å². The summed E-state index contributed by atoms with van der Waals surface area (Å²) in [7, 11) is 5.50. The van der Waals surface area contributed by atoms with Gasteiger partial charge in [-0.1, -0.05) is 74.2 Å². The highest BCUT2D eigenvalue weighted by molar-refractivity contribution is 6.04. The second-order valence-electron chi connectivity index (χ2n) is 21.8. The van der Waals surface area contributed by atoms with Crippen LogP contribution in [0.1, 0.15) is 99.0 Å². The molecule has 82 heavy (non-hydrogen) atoms. The Kier molecular flexibility index (Phi) is 18.7. The van der Waals surface area contributed by atoms with Gasteiger partial charge in [0.25, 0.3) is 11.8 Å². The first kappa shape index (κ1) is 59.4. The van der Waals surface area contributed by atoms with Crippen molar-refractivity contribution in [1.82, 2.24) is 50.8 Å². The van der Waals surface area contributed by atoms with Gasteiger partial charge >= 0.3 is 11.9 Å². The van der Waals surface area contributed by atoms with E-state index < -0.39 is 133 Å². The van der Waals surface area contributed by atoms with E-state index in [1.54, 1.807) is 72.8 Å². The SMILES string of the molecule is C[C@@H]1NC(=O)[C@H](NC(=O)c2nc3ccccc3cc2N)COC(=O)[C@H](C2CCCC2)N(C)C(=O)[C@@H]2C/C=C\C[C@@H](C(=O)N(C)[C@@H](C3CCCC3)C(=O)OC[C@@H](NC(=O)c3nc4ccccc4cc3N)C(=O)N[C@@H](C)C(=O)N2C)N(C)C1=O. The summed E-state index contributed by atoms with van der Waals surface area (Å²) in [5, 5.41) is 11.7. The van der Waals surface area contributed by atoms with E-state index >= 15 is 9.59 Å².